The second-order valence-electron chi connectivity index (χ2n) is 5.65. The quantitative estimate of drug-likeness (QED) is 0.848. The highest BCUT2D eigenvalue weighted by Crippen LogP contribution is 2.40. The van der Waals surface area contributed by atoms with Crippen LogP contribution in [-0.2, 0) is 4.79 Å². The molecule has 2 fully saturated rings. The van der Waals surface area contributed by atoms with Crippen LogP contribution in [0.1, 0.15) is 37.7 Å². The molecule has 2 aliphatic rings. The van der Waals surface area contributed by atoms with Crippen LogP contribution in [0.15, 0.2) is 30.3 Å². The number of hydrogen-bond donors (Lipinski definition) is 1. The van der Waals surface area contributed by atoms with Crippen LogP contribution in [0.25, 0.3) is 0 Å². The number of benzene rings is 1. The van der Waals surface area contributed by atoms with Crippen LogP contribution in [0.5, 0.6) is 0 Å². The number of hydrogen-bond acceptors (Lipinski definition) is 2. The van der Waals surface area contributed by atoms with Crippen molar-refractivity contribution < 1.29 is 4.79 Å². The predicted octanol–water partition coefficient (Wildman–Crippen LogP) is 2.14. The van der Waals surface area contributed by atoms with Crippen LogP contribution in [0.4, 0.5) is 0 Å². The first kappa shape index (κ1) is 12.7. The Morgan fingerprint density at radius 1 is 1.32 bits per heavy atom. The molecule has 2 unspecified atom stereocenters. The molecule has 0 spiro atoms. The average Bonchev–Trinajstić information content (AvgIpc) is 3.32. The second-order valence-corrected chi connectivity index (χ2v) is 5.65. The van der Waals surface area contributed by atoms with Crippen LogP contribution in [0.3, 0.4) is 0 Å². The Kier molecular flexibility index (Phi) is 3.56. The van der Waals surface area contributed by atoms with Crippen LogP contribution in [0.2, 0.25) is 0 Å². The van der Waals surface area contributed by atoms with Gasteiger partial charge in [0.05, 0.1) is 6.54 Å². The lowest BCUT2D eigenvalue weighted by molar-refractivity contribution is -0.130. The Morgan fingerprint density at radius 3 is 2.68 bits per heavy atom. The predicted molar refractivity (Wildman–Crippen MR) is 76.0 cm³/mol. The van der Waals surface area contributed by atoms with Gasteiger partial charge in [0.1, 0.15) is 0 Å². The van der Waals surface area contributed by atoms with E-state index in [0.29, 0.717) is 24.5 Å². The van der Waals surface area contributed by atoms with Gasteiger partial charge in [0.25, 0.3) is 0 Å². The number of amides is 1. The summed E-state index contributed by atoms with van der Waals surface area (Å²) in [5.74, 6) is 0.869. The van der Waals surface area contributed by atoms with E-state index in [1.165, 1.54) is 18.4 Å². The van der Waals surface area contributed by atoms with Gasteiger partial charge in [-0.15, -0.1) is 0 Å². The fourth-order valence-corrected chi connectivity index (χ4v) is 2.83. The van der Waals surface area contributed by atoms with E-state index in [4.69, 9.17) is 0 Å². The zero-order chi connectivity index (χ0) is 13.2. The first-order chi connectivity index (χ1) is 9.29. The molecule has 1 aromatic rings. The Balaban J connectivity index is 1.45. The van der Waals surface area contributed by atoms with Gasteiger partial charge < -0.3 is 10.2 Å². The molecule has 0 saturated heterocycles. The van der Waals surface area contributed by atoms with E-state index in [2.05, 4.69) is 36.5 Å². The third-order valence-electron chi connectivity index (χ3n) is 4.18. The zero-order valence-corrected chi connectivity index (χ0v) is 11.5. The Bertz CT molecular complexity index is 441. The Morgan fingerprint density at radius 2 is 2.05 bits per heavy atom. The topological polar surface area (TPSA) is 32.3 Å². The normalized spacial score (nSPS) is 25.1. The Labute approximate surface area is 115 Å². The van der Waals surface area contributed by atoms with Gasteiger partial charge in [-0.25, -0.2) is 0 Å². The SMILES string of the molecule is CCN(C(=O)CNC1CC1c1ccccc1)C1CC1. The van der Waals surface area contributed by atoms with Gasteiger partial charge in [-0.1, -0.05) is 30.3 Å². The average molecular weight is 258 g/mol. The summed E-state index contributed by atoms with van der Waals surface area (Å²) < 4.78 is 0. The molecule has 0 aromatic heterocycles. The molecule has 3 rings (SSSR count). The standard InChI is InChI=1S/C16H22N2O/c1-2-18(13-8-9-13)16(19)11-17-15-10-14(15)12-6-4-3-5-7-12/h3-7,13-15,17H,2,8-11H2,1H3. The largest absolute Gasteiger partial charge is 0.339 e. The lowest BCUT2D eigenvalue weighted by Crippen LogP contribution is -2.40. The first-order valence-corrected chi connectivity index (χ1v) is 7.37. The number of carbonyl (C=O) groups is 1. The van der Waals surface area contributed by atoms with Crippen LogP contribution < -0.4 is 5.32 Å². The molecular weight excluding hydrogens is 236 g/mol. The maximum absolute atomic E-state index is 12.1. The van der Waals surface area contributed by atoms with Gasteiger partial charge in [-0.05, 0) is 31.7 Å². The highest BCUT2D eigenvalue weighted by atomic mass is 16.2. The molecule has 0 heterocycles. The van der Waals surface area contributed by atoms with Crippen molar-refractivity contribution in [1.82, 2.24) is 10.2 Å². The number of carbonyl (C=O) groups excluding carboxylic acids is 1. The fourth-order valence-electron chi connectivity index (χ4n) is 2.83. The van der Waals surface area contributed by atoms with Crippen molar-refractivity contribution in [1.29, 1.82) is 0 Å². The molecule has 0 aliphatic heterocycles. The molecule has 1 aromatic carbocycles. The minimum absolute atomic E-state index is 0.267. The molecule has 2 saturated carbocycles. The van der Waals surface area contributed by atoms with Gasteiger partial charge in [0.15, 0.2) is 0 Å². The summed E-state index contributed by atoms with van der Waals surface area (Å²) in [7, 11) is 0. The van der Waals surface area contributed by atoms with Gasteiger partial charge in [0.2, 0.25) is 5.91 Å². The van der Waals surface area contributed by atoms with E-state index < -0.39 is 0 Å². The molecule has 102 valence electrons. The lowest BCUT2D eigenvalue weighted by Gasteiger charge is -2.20. The van der Waals surface area contributed by atoms with Crippen LogP contribution >= 0.6 is 0 Å². The number of likely N-dealkylation sites (N-methyl/N-ethyl adjacent to an activating group) is 1. The minimum atomic E-state index is 0.267. The molecule has 0 bridgehead atoms. The van der Waals surface area contributed by atoms with Crippen molar-refractivity contribution in [2.24, 2.45) is 0 Å². The number of nitrogens with one attached hydrogen (secondary N) is 1. The van der Waals surface area contributed by atoms with Gasteiger partial charge in [-0.2, -0.15) is 0 Å². The maximum atomic E-state index is 12.1. The van der Waals surface area contributed by atoms with Gasteiger partial charge in [0, 0.05) is 24.5 Å². The summed E-state index contributed by atoms with van der Waals surface area (Å²) in [4.78, 5) is 14.1. The molecule has 1 amide bonds. The maximum Gasteiger partial charge on any atom is 0.236 e. The third-order valence-corrected chi connectivity index (χ3v) is 4.18. The Hall–Kier alpha value is -1.35. The zero-order valence-electron chi connectivity index (χ0n) is 11.5. The highest BCUT2D eigenvalue weighted by molar-refractivity contribution is 5.79. The van der Waals surface area contributed by atoms with Gasteiger partial charge >= 0.3 is 0 Å². The van der Waals surface area contributed by atoms with E-state index in [0.717, 1.165) is 13.0 Å². The molecule has 3 nitrogen and oxygen atoms in total. The molecular formula is C16H22N2O. The molecule has 2 aliphatic carbocycles. The summed E-state index contributed by atoms with van der Waals surface area (Å²) in [6.45, 7) is 3.41. The van der Waals surface area contributed by atoms with E-state index in [1.54, 1.807) is 0 Å². The molecule has 1 N–H and O–H groups in total. The molecule has 3 heteroatoms. The minimum Gasteiger partial charge on any atom is -0.339 e. The summed E-state index contributed by atoms with van der Waals surface area (Å²) in [5.41, 5.74) is 1.39. The molecule has 0 radical (unpaired) electrons. The summed E-state index contributed by atoms with van der Waals surface area (Å²) >= 11 is 0. The molecule has 19 heavy (non-hydrogen) atoms. The van der Waals surface area contributed by atoms with Crippen molar-refractivity contribution in [3.8, 4) is 0 Å². The fraction of sp³-hybridized carbons (Fsp3) is 0.562. The van der Waals surface area contributed by atoms with Crippen molar-refractivity contribution >= 4 is 5.91 Å². The lowest BCUT2D eigenvalue weighted by atomic mass is 10.1. The summed E-state index contributed by atoms with van der Waals surface area (Å²) in [5, 5.41) is 3.41. The van der Waals surface area contributed by atoms with Crippen LogP contribution in [0, 0.1) is 0 Å². The smallest absolute Gasteiger partial charge is 0.236 e. The van der Waals surface area contributed by atoms with E-state index >= 15 is 0 Å². The van der Waals surface area contributed by atoms with Crippen molar-refractivity contribution in [3.05, 3.63) is 35.9 Å². The van der Waals surface area contributed by atoms with Gasteiger partial charge in [-0.3, -0.25) is 4.79 Å². The number of rotatable bonds is 6. The number of nitrogens with zero attached hydrogens (tertiary/aromatic N) is 1. The molecule has 2 atom stereocenters. The third kappa shape index (κ3) is 2.98. The first-order valence-electron chi connectivity index (χ1n) is 7.37. The second kappa shape index (κ2) is 5.33. The monoisotopic (exact) mass is 258 g/mol. The van der Waals surface area contributed by atoms with Crippen molar-refractivity contribution in [3.63, 3.8) is 0 Å². The van der Waals surface area contributed by atoms with Crippen molar-refractivity contribution in [2.45, 2.75) is 44.2 Å². The summed E-state index contributed by atoms with van der Waals surface area (Å²) in [6, 6.07) is 11.6. The van der Waals surface area contributed by atoms with E-state index in [-0.39, 0.29) is 5.91 Å². The van der Waals surface area contributed by atoms with Crippen LogP contribution in [-0.4, -0.2) is 36.0 Å². The van der Waals surface area contributed by atoms with E-state index in [9.17, 15) is 4.79 Å². The highest BCUT2D eigenvalue weighted by Gasteiger charge is 2.39. The van der Waals surface area contributed by atoms with Crippen molar-refractivity contribution in [2.75, 3.05) is 13.1 Å². The summed E-state index contributed by atoms with van der Waals surface area (Å²) in [6.07, 6.45) is 3.54. The van der Waals surface area contributed by atoms with E-state index in [1.807, 2.05) is 11.0 Å².